The fraction of sp³-hybridized carbons (Fsp3) is 1.00. The molecule has 2 nitrogen and oxygen atoms in total. The number of thiol groups is 1. The Morgan fingerprint density at radius 1 is 1.71 bits per heavy atom. The number of rotatable bonds is 0. The number of hydrogen-bond acceptors (Lipinski definition) is 2. The van der Waals surface area contributed by atoms with Crippen molar-refractivity contribution in [1.29, 1.82) is 0 Å². The molecule has 0 spiro atoms. The molecule has 0 aliphatic heterocycles. The van der Waals surface area contributed by atoms with Crippen molar-refractivity contribution in [3.05, 3.63) is 0 Å². The molecule has 0 aromatic rings. The van der Waals surface area contributed by atoms with E-state index in [1.54, 1.807) is 0 Å². The topological polar surface area (TPSA) is 37.3 Å². The molecule has 46 valence electrons. The highest BCUT2D eigenvalue weighted by atomic mass is 32.8. The molecule has 7 heavy (non-hydrogen) atoms. The van der Waals surface area contributed by atoms with Crippen molar-refractivity contribution < 1.29 is 8.76 Å². The van der Waals surface area contributed by atoms with Crippen LogP contribution in [0.4, 0.5) is 0 Å². The average molecular weight is 142 g/mol. The second-order valence-electron chi connectivity index (χ2n) is 0.945. The first-order valence-electron chi connectivity index (χ1n) is 1.98. The van der Waals surface area contributed by atoms with Gasteiger partial charge in [-0.3, -0.25) is 0 Å². The summed E-state index contributed by atoms with van der Waals surface area (Å²) in [6, 6.07) is 0. The molecule has 0 aliphatic rings. The van der Waals surface area contributed by atoms with Crippen LogP contribution >= 0.6 is 0 Å². The Morgan fingerprint density at radius 3 is 1.71 bits per heavy atom. The van der Waals surface area contributed by atoms with Gasteiger partial charge in [0.15, 0.2) is 0 Å². The summed E-state index contributed by atoms with van der Waals surface area (Å²) in [5.74, 6) is 0. The van der Waals surface area contributed by atoms with Gasteiger partial charge in [-0.2, -0.15) is 0 Å². The van der Waals surface area contributed by atoms with Gasteiger partial charge >= 0.3 is 0 Å². The summed E-state index contributed by atoms with van der Waals surface area (Å²) in [6.45, 7) is 4.25. The molecule has 0 rings (SSSR count). The fourth-order valence-electron chi connectivity index (χ4n) is 0. The Morgan fingerprint density at radius 2 is 1.71 bits per heavy atom. The predicted octanol–water partition coefficient (Wildman–Crippen LogP) is 0.819. The van der Waals surface area contributed by atoms with E-state index in [0.29, 0.717) is 0 Å². The van der Waals surface area contributed by atoms with Crippen LogP contribution in [0.3, 0.4) is 0 Å². The van der Waals surface area contributed by atoms with Crippen LogP contribution in [0.5, 0.6) is 0 Å². The molecule has 0 amide bonds. The van der Waals surface area contributed by atoms with Crippen molar-refractivity contribution >= 4 is 20.8 Å². The van der Waals surface area contributed by atoms with Crippen molar-refractivity contribution in [2.24, 2.45) is 0 Å². The van der Waals surface area contributed by atoms with E-state index < -0.39 is 9.64 Å². The van der Waals surface area contributed by atoms with E-state index >= 15 is 0 Å². The molecule has 0 aliphatic carbocycles. The van der Waals surface area contributed by atoms with E-state index in [9.17, 15) is 0 Å². The molecular weight excluding hydrogens is 132 g/mol. The summed E-state index contributed by atoms with van der Waals surface area (Å²) in [7, 11) is -2.29. The molecule has 0 saturated carbocycles. The Labute approximate surface area is 50.5 Å². The normalized spacial score (nSPS) is 11.3. The third-order valence-electron chi connectivity index (χ3n) is 0. The Balaban J connectivity index is 0. The molecule has 4 heteroatoms. The summed E-state index contributed by atoms with van der Waals surface area (Å²) in [4.78, 5) is 0. The van der Waals surface area contributed by atoms with Crippen molar-refractivity contribution in [2.45, 2.75) is 20.3 Å². The van der Waals surface area contributed by atoms with E-state index in [1.165, 1.54) is 6.42 Å². The monoisotopic (exact) mass is 142 g/mol. The lowest BCUT2D eigenvalue weighted by Gasteiger charge is -1.48. The maximum Gasteiger partial charge on any atom is 0.130 e. The van der Waals surface area contributed by atoms with E-state index in [0.717, 1.165) is 0 Å². The predicted molar refractivity (Wildman–Crippen MR) is 35.5 cm³/mol. The molecule has 1 atom stereocenters. The quantitative estimate of drug-likeness (QED) is 0.492. The summed E-state index contributed by atoms with van der Waals surface area (Å²) in [6.07, 6.45) is 1.25. The van der Waals surface area contributed by atoms with Crippen LogP contribution in [-0.4, -0.2) is 8.76 Å². The van der Waals surface area contributed by atoms with Crippen LogP contribution in [0, 0.1) is 0 Å². The smallest absolute Gasteiger partial charge is 0.130 e. The van der Waals surface area contributed by atoms with Gasteiger partial charge in [-0.25, -0.2) is 4.21 Å². The van der Waals surface area contributed by atoms with E-state index in [2.05, 4.69) is 25.0 Å². The van der Waals surface area contributed by atoms with Crippen LogP contribution in [0.15, 0.2) is 0 Å². The van der Waals surface area contributed by atoms with Gasteiger partial charge in [0.2, 0.25) is 0 Å². The van der Waals surface area contributed by atoms with Gasteiger partial charge in [-0.15, -0.1) is 0 Å². The molecular formula is C3H10O2S2. The number of hydrogen-bond donors (Lipinski definition) is 2. The average Bonchev–Trinajstić information content (AvgIpc) is 1.33. The van der Waals surface area contributed by atoms with Crippen LogP contribution < -0.4 is 0 Å². The molecule has 1 unspecified atom stereocenters. The van der Waals surface area contributed by atoms with Crippen molar-refractivity contribution in [3.8, 4) is 0 Å². The highest BCUT2D eigenvalue weighted by Crippen LogP contribution is 1.56. The summed E-state index contributed by atoms with van der Waals surface area (Å²) in [5, 5.41) is 0. The third-order valence-corrected chi connectivity index (χ3v) is 0. The minimum Gasteiger partial charge on any atom is -0.308 e. The lowest BCUT2D eigenvalue weighted by atomic mass is 10.6. The van der Waals surface area contributed by atoms with E-state index in [1.807, 2.05) is 0 Å². The zero-order valence-electron chi connectivity index (χ0n) is 4.42. The molecule has 0 aromatic carbocycles. The molecule has 1 N–H and O–H groups in total. The van der Waals surface area contributed by atoms with E-state index in [4.69, 9.17) is 8.76 Å². The minimum absolute atomic E-state index is 1.25. The van der Waals surface area contributed by atoms with E-state index in [-0.39, 0.29) is 0 Å². The Hall–Kier alpha value is 0.330. The Kier molecular flexibility index (Phi) is 14.2. The Bertz CT molecular complexity index is 69.0. The molecule has 0 saturated heterocycles. The van der Waals surface area contributed by atoms with Crippen molar-refractivity contribution in [2.75, 3.05) is 0 Å². The van der Waals surface area contributed by atoms with Gasteiger partial charge in [0.1, 0.15) is 9.64 Å². The largest absolute Gasteiger partial charge is 0.308 e. The second-order valence-corrected chi connectivity index (χ2v) is 2.36. The maximum atomic E-state index is 8.96. The van der Waals surface area contributed by atoms with Crippen LogP contribution in [0.25, 0.3) is 0 Å². The highest BCUT2D eigenvalue weighted by molar-refractivity contribution is 8.18. The molecule has 0 aromatic heterocycles. The van der Waals surface area contributed by atoms with Gasteiger partial charge < -0.3 is 4.55 Å². The molecule has 0 bridgehead atoms. The minimum atomic E-state index is -2.29. The zero-order valence-corrected chi connectivity index (χ0v) is 6.13. The summed E-state index contributed by atoms with van der Waals surface area (Å²) in [5.41, 5.74) is 0. The van der Waals surface area contributed by atoms with Gasteiger partial charge in [0.05, 0.1) is 0 Å². The molecule has 0 radical (unpaired) electrons. The fourth-order valence-corrected chi connectivity index (χ4v) is 0. The standard InChI is InChI=1S/C3H8.H2O2S2/c1-3-2;1-4(2)3/h3H2,1-2H3;4H,(H,1,2,3). The van der Waals surface area contributed by atoms with Gasteiger partial charge in [-0.1, -0.05) is 20.3 Å². The molecule has 0 heterocycles. The van der Waals surface area contributed by atoms with Gasteiger partial charge in [0.25, 0.3) is 0 Å². The first-order chi connectivity index (χ1) is 3.15. The van der Waals surface area contributed by atoms with Gasteiger partial charge in [0, 0.05) is 11.2 Å². The first kappa shape index (κ1) is 10.3. The molecule has 0 fully saturated rings. The SMILES string of the molecule is CCC.O=[SH](O)=S. The lowest BCUT2D eigenvalue weighted by Crippen LogP contribution is -1.54. The van der Waals surface area contributed by atoms with Crippen LogP contribution in [0.1, 0.15) is 20.3 Å². The maximum absolute atomic E-state index is 8.96. The third kappa shape index (κ3) is 1090. The van der Waals surface area contributed by atoms with Gasteiger partial charge in [-0.05, 0) is 0 Å². The van der Waals surface area contributed by atoms with Crippen molar-refractivity contribution in [3.63, 3.8) is 0 Å². The summed E-state index contributed by atoms with van der Waals surface area (Å²) >= 11 is 3.69. The first-order valence-corrected chi connectivity index (χ1v) is 4.21. The van der Waals surface area contributed by atoms with Crippen molar-refractivity contribution in [1.82, 2.24) is 0 Å². The summed E-state index contributed by atoms with van der Waals surface area (Å²) < 4.78 is 16.3. The van der Waals surface area contributed by atoms with Crippen LogP contribution in [-0.2, 0) is 20.8 Å². The zero-order chi connectivity index (χ0) is 6.28. The second kappa shape index (κ2) is 9.59. The van der Waals surface area contributed by atoms with Crippen LogP contribution in [0.2, 0.25) is 0 Å². The lowest BCUT2D eigenvalue weighted by molar-refractivity contribution is 0.583. The highest BCUT2D eigenvalue weighted by Gasteiger charge is 1.39.